The molecule has 1 atom stereocenters. The molecule has 1 unspecified atom stereocenters. The Morgan fingerprint density at radius 1 is 0.857 bits per heavy atom. The number of nitrogens with one attached hydrogen (secondary N) is 1. The second-order valence-corrected chi connectivity index (χ2v) is 9.55. The molecule has 0 fully saturated rings. The first-order valence-corrected chi connectivity index (χ1v) is 14.6. The molecule has 3 N–H and O–H groups in total. The summed E-state index contributed by atoms with van der Waals surface area (Å²) in [6, 6.07) is 32.2. The van der Waals surface area contributed by atoms with Crippen molar-refractivity contribution in [2.75, 3.05) is 19.0 Å². The lowest BCUT2D eigenvalue weighted by atomic mass is 9.92. The van der Waals surface area contributed by atoms with Gasteiger partial charge in [-0.1, -0.05) is 87.0 Å². The number of benzene rings is 4. The van der Waals surface area contributed by atoms with Gasteiger partial charge in [0.25, 0.3) is 0 Å². The van der Waals surface area contributed by atoms with Crippen LogP contribution in [0.3, 0.4) is 0 Å². The normalized spacial score (nSPS) is 10.7. The van der Waals surface area contributed by atoms with Crippen molar-refractivity contribution in [2.24, 2.45) is 11.7 Å². The molecule has 0 saturated heterocycles. The molecule has 0 saturated carbocycles. The van der Waals surface area contributed by atoms with Gasteiger partial charge in [0.1, 0.15) is 23.9 Å². The lowest BCUT2D eigenvalue weighted by Gasteiger charge is -2.18. The zero-order valence-electron chi connectivity index (χ0n) is 25.1. The average molecular weight is 573 g/mol. The highest BCUT2D eigenvalue weighted by Gasteiger charge is 2.13. The Balaban J connectivity index is 0.000000473. The molecule has 4 rings (SSSR count). The summed E-state index contributed by atoms with van der Waals surface area (Å²) in [4.78, 5) is 9.86. The summed E-state index contributed by atoms with van der Waals surface area (Å²) in [7, 11) is 1.67. The number of amides is 1. The van der Waals surface area contributed by atoms with Gasteiger partial charge in [0.15, 0.2) is 0 Å². The van der Waals surface area contributed by atoms with Gasteiger partial charge in [-0.2, -0.15) is 0 Å². The number of hydrogen-bond acceptors (Lipinski definition) is 4. The van der Waals surface area contributed by atoms with Crippen LogP contribution in [0.2, 0.25) is 0 Å². The molecule has 4 aromatic carbocycles. The highest BCUT2D eigenvalue weighted by molar-refractivity contribution is 5.70. The number of carbonyl (C=O) groups is 1. The van der Waals surface area contributed by atoms with Crippen molar-refractivity contribution in [3.63, 3.8) is 0 Å². The van der Waals surface area contributed by atoms with Crippen LogP contribution in [0.1, 0.15) is 49.8 Å². The van der Waals surface area contributed by atoms with E-state index in [1.807, 2.05) is 86.6 Å². The van der Waals surface area contributed by atoms with Crippen molar-refractivity contribution < 1.29 is 18.7 Å². The number of methoxy groups -OCH3 is 1. The fraction of sp³-hybridized carbons (Fsp3) is 0.306. The molecule has 0 heterocycles. The second-order valence-electron chi connectivity index (χ2n) is 9.55. The second kappa shape index (κ2) is 20.7. The number of halogens is 1. The van der Waals surface area contributed by atoms with Crippen molar-refractivity contribution in [3.8, 4) is 11.5 Å². The monoisotopic (exact) mass is 572 g/mol. The van der Waals surface area contributed by atoms with Crippen LogP contribution < -0.4 is 20.5 Å². The molecular weight excluding hydrogens is 527 g/mol. The Kier molecular flexibility index (Phi) is 16.8. The quantitative estimate of drug-likeness (QED) is 0.118. The van der Waals surface area contributed by atoms with Gasteiger partial charge in [0, 0.05) is 11.8 Å². The topological polar surface area (TPSA) is 73.6 Å². The molecular formula is C36H45FN2O3. The fourth-order valence-electron chi connectivity index (χ4n) is 4.33. The minimum Gasteiger partial charge on any atom is -0.497 e. The summed E-state index contributed by atoms with van der Waals surface area (Å²) in [5.41, 5.74) is 10.4. The van der Waals surface area contributed by atoms with Gasteiger partial charge in [-0.15, -0.1) is 0 Å². The van der Waals surface area contributed by atoms with Gasteiger partial charge in [-0.05, 0) is 85.2 Å². The summed E-state index contributed by atoms with van der Waals surface area (Å²) < 4.78 is 24.6. The van der Waals surface area contributed by atoms with Crippen LogP contribution >= 0.6 is 0 Å². The average Bonchev–Trinajstić information content (AvgIpc) is 3.05. The molecule has 1 amide bonds. The minimum absolute atomic E-state index is 0.184. The predicted octanol–water partition coefficient (Wildman–Crippen LogP) is 8.22. The molecule has 0 aliphatic carbocycles. The van der Waals surface area contributed by atoms with Crippen molar-refractivity contribution in [3.05, 3.63) is 126 Å². The van der Waals surface area contributed by atoms with E-state index in [0.717, 1.165) is 60.4 Å². The van der Waals surface area contributed by atoms with Crippen LogP contribution in [0, 0.1) is 11.7 Å². The van der Waals surface area contributed by atoms with Crippen molar-refractivity contribution in [1.29, 1.82) is 0 Å². The van der Waals surface area contributed by atoms with E-state index < -0.39 is 0 Å². The Hall–Kier alpha value is -4.16. The van der Waals surface area contributed by atoms with E-state index in [-0.39, 0.29) is 5.82 Å². The molecule has 0 aliphatic heterocycles. The molecule has 0 spiro atoms. The highest BCUT2D eigenvalue weighted by atomic mass is 19.1. The summed E-state index contributed by atoms with van der Waals surface area (Å²) in [5, 5.41) is 2.53. The summed E-state index contributed by atoms with van der Waals surface area (Å²) >= 11 is 0. The molecule has 0 bridgehead atoms. The summed E-state index contributed by atoms with van der Waals surface area (Å²) in [6.45, 7) is 5.16. The molecule has 0 aromatic heterocycles. The van der Waals surface area contributed by atoms with E-state index in [1.165, 1.54) is 17.7 Å². The first-order chi connectivity index (χ1) is 20.6. The number of anilines is 1. The van der Waals surface area contributed by atoms with Gasteiger partial charge in [-0.3, -0.25) is 4.79 Å². The summed E-state index contributed by atoms with van der Waals surface area (Å²) in [6.07, 6.45) is 5.72. The number of carbonyl (C=O) groups excluding carboxylic acids is 1. The Morgan fingerprint density at radius 3 is 2.14 bits per heavy atom. The van der Waals surface area contributed by atoms with Crippen LogP contribution in [0.15, 0.2) is 103 Å². The van der Waals surface area contributed by atoms with Gasteiger partial charge in [0.05, 0.1) is 7.11 Å². The van der Waals surface area contributed by atoms with Gasteiger partial charge >= 0.3 is 0 Å². The van der Waals surface area contributed by atoms with Crippen molar-refractivity contribution in [1.82, 2.24) is 0 Å². The maximum Gasteiger partial charge on any atom is 0.211 e. The molecule has 5 nitrogen and oxygen atoms in total. The van der Waals surface area contributed by atoms with E-state index in [1.54, 1.807) is 7.11 Å². The molecule has 42 heavy (non-hydrogen) atoms. The number of ether oxygens (including phenoxy) is 2. The Labute approximate surface area is 250 Å². The van der Waals surface area contributed by atoms with Crippen LogP contribution in [0.4, 0.5) is 10.1 Å². The third-order valence-corrected chi connectivity index (χ3v) is 6.59. The largest absolute Gasteiger partial charge is 0.497 e. The zero-order valence-corrected chi connectivity index (χ0v) is 25.1. The minimum atomic E-state index is -0.184. The van der Waals surface area contributed by atoms with Crippen molar-refractivity contribution >= 4 is 12.1 Å². The SMILES string of the molecule is CC.COc1ccc(CC(CN)CCCCc2ccc(F)cc2)c(OCc2ccccc2)c1.O=CNc1ccccc1. The standard InChI is InChI=1S/C27H32FNO2.C7H7NO.C2H6/c1-30-26-16-13-24(27(18-26)31-20-22-8-3-2-4-9-22)17-23(19-29)10-6-5-7-21-11-14-25(28)15-12-21;9-6-8-7-4-2-1-3-5-7;1-2/h2-4,8-9,11-16,18,23H,5-7,10,17,19-20,29H2,1H3;1-6H,(H,8,9);1-2H3. The number of nitrogens with two attached hydrogens (primary N) is 1. The fourth-order valence-corrected chi connectivity index (χ4v) is 4.33. The number of aryl methyl sites for hydroxylation is 1. The van der Waals surface area contributed by atoms with Crippen LogP contribution in [0.5, 0.6) is 11.5 Å². The number of para-hydroxylation sites is 1. The van der Waals surface area contributed by atoms with Crippen LogP contribution in [-0.4, -0.2) is 20.1 Å². The van der Waals surface area contributed by atoms with E-state index in [4.69, 9.17) is 15.2 Å². The zero-order chi connectivity index (χ0) is 30.4. The van der Waals surface area contributed by atoms with Gasteiger partial charge in [0.2, 0.25) is 6.41 Å². The smallest absolute Gasteiger partial charge is 0.211 e. The number of rotatable bonds is 14. The predicted molar refractivity (Wildman–Crippen MR) is 171 cm³/mol. The molecule has 6 heteroatoms. The third-order valence-electron chi connectivity index (χ3n) is 6.59. The highest BCUT2D eigenvalue weighted by Crippen LogP contribution is 2.29. The van der Waals surface area contributed by atoms with Gasteiger partial charge in [-0.25, -0.2) is 4.39 Å². The Morgan fingerprint density at radius 2 is 1.52 bits per heavy atom. The molecule has 4 aromatic rings. The van der Waals surface area contributed by atoms with Gasteiger partial charge < -0.3 is 20.5 Å². The molecule has 0 radical (unpaired) electrons. The Bertz CT molecular complexity index is 1250. The summed E-state index contributed by atoms with van der Waals surface area (Å²) in [5.74, 6) is 1.85. The van der Waals surface area contributed by atoms with Crippen molar-refractivity contribution in [2.45, 2.75) is 52.6 Å². The van der Waals surface area contributed by atoms with Crippen LogP contribution in [-0.2, 0) is 24.2 Å². The lowest BCUT2D eigenvalue weighted by molar-refractivity contribution is -0.105. The van der Waals surface area contributed by atoms with E-state index in [9.17, 15) is 9.18 Å². The maximum absolute atomic E-state index is 13.0. The van der Waals surface area contributed by atoms with E-state index in [2.05, 4.69) is 23.5 Å². The number of unbranched alkanes of at least 4 members (excludes halogenated alkanes) is 1. The first-order valence-electron chi connectivity index (χ1n) is 14.6. The third kappa shape index (κ3) is 13.0. The number of hydrogen-bond donors (Lipinski definition) is 2. The molecule has 224 valence electrons. The lowest BCUT2D eigenvalue weighted by Crippen LogP contribution is -2.17. The molecule has 0 aliphatic rings. The van der Waals surface area contributed by atoms with E-state index in [0.29, 0.717) is 25.5 Å². The maximum atomic E-state index is 13.0. The first kappa shape index (κ1) is 34.0. The van der Waals surface area contributed by atoms with Crippen LogP contribution in [0.25, 0.3) is 0 Å². The van der Waals surface area contributed by atoms with E-state index >= 15 is 0 Å².